The number of hydrogen-bond acceptors (Lipinski definition) is 12. The van der Waals surface area contributed by atoms with Gasteiger partial charge < -0.3 is 28.4 Å². The van der Waals surface area contributed by atoms with Crippen molar-refractivity contribution in [1.29, 1.82) is 0 Å². The Morgan fingerprint density at radius 1 is 0.634 bits per heavy atom. The molecule has 0 aliphatic rings. The Morgan fingerprint density at radius 2 is 1.00 bits per heavy atom. The highest BCUT2D eigenvalue weighted by Gasteiger charge is 2.24. The van der Waals surface area contributed by atoms with E-state index < -0.39 is 11.9 Å². The maximum absolute atomic E-state index is 12.6. The number of unbranched alkanes of at least 4 members (excludes halogenated alkanes) is 2. The Bertz CT molecular complexity index is 1350. The second kappa shape index (κ2) is 14.9. The van der Waals surface area contributed by atoms with Crippen LogP contribution in [0, 0.1) is 0 Å². The summed E-state index contributed by atoms with van der Waals surface area (Å²) < 4.78 is 40.5. The topological polar surface area (TPSA) is 115 Å². The molecule has 2 aromatic heterocycles. The summed E-state index contributed by atoms with van der Waals surface area (Å²) in [5.74, 6) is 1.06. The number of esters is 2. The Kier molecular flexibility index (Phi) is 11.0. The molecular formula is C27H24Cl2N2O8S2. The number of nitrogens with zero attached hydrogens (tertiary/aromatic N) is 2. The van der Waals surface area contributed by atoms with Crippen LogP contribution in [0.2, 0.25) is 10.3 Å². The zero-order valence-corrected chi connectivity index (χ0v) is 25.0. The zero-order valence-electron chi connectivity index (χ0n) is 21.9. The van der Waals surface area contributed by atoms with Crippen molar-refractivity contribution < 1.29 is 38.0 Å². The normalized spacial score (nSPS) is 10.6. The van der Waals surface area contributed by atoms with Gasteiger partial charge in [0.2, 0.25) is 10.1 Å². The van der Waals surface area contributed by atoms with Crippen molar-refractivity contribution in [3.05, 3.63) is 70.0 Å². The third kappa shape index (κ3) is 8.23. The molecule has 0 atom stereocenters. The minimum absolute atomic E-state index is 0.00680. The number of rotatable bonds is 14. The third-order valence-corrected chi connectivity index (χ3v) is 7.64. The van der Waals surface area contributed by atoms with Crippen molar-refractivity contribution in [3.8, 4) is 33.1 Å². The highest BCUT2D eigenvalue weighted by molar-refractivity contribution is 7.09. The van der Waals surface area contributed by atoms with Gasteiger partial charge in [0, 0.05) is 23.1 Å². The highest BCUT2D eigenvalue weighted by atomic mass is 35.5. The van der Waals surface area contributed by atoms with E-state index in [0.29, 0.717) is 42.3 Å². The highest BCUT2D eigenvalue weighted by Crippen LogP contribution is 2.37. The van der Waals surface area contributed by atoms with Crippen LogP contribution in [-0.4, -0.2) is 48.1 Å². The number of halogens is 2. The molecule has 0 aliphatic carbocycles. The van der Waals surface area contributed by atoms with E-state index in [4.69, 9.17) is 51.6 Å². The van der Waals surface area contributed by atoms with E-state index in [9.17, 15) is 9.59 Å². The predicted octanol–water partition coefficient (Wildman–Crippen LogP) is 7.69. The summed E-state index contributed by atoms with van der Waals surface area (Å²) in [4.78, 5) is 25.3. The van der Waals surface area contributed by atoms with Crippen molar-refractivity contribution in [2.45, 2.75) is 19.3 Å². The average molecular weight is 640 g/mol. The summed E-state index contributed by atoms with van der Waals surface area (Å²) >= 11 is 14.1. The fourth-order valence-corrected chi connectivity index (χ4v) is 5.31. The monoisotopic (exact) mass is 638 g/mol. The van der Waals surface area contributed by atoms with Crippen LogP contribution in [0.25, 0.3) is 0 Å². The Labute approximate surface area is 254 Å². The number of ether oxygens (including phenoxy) is 6. The predicted molar refractivity (Wildman–Crippen MR) is 155 cm³/mol. The lowest BCUT2D eigenvalue weighted by Gasteiger charge is -2.08. The maximum Gasteiger partial charge on any atom is 0.346 e. The molecule has 0 radical (unpaired) electrons. The molecule has 2 aromatic carbocycles. The van der Waals surface area contributed by atoms with Gasteiger partial charge in [-0.2, -0.15) is 8.75 Å². The molecule has 0 aliphatic heterocycles. The molecule has 0 saturated carbocycles. The first-order valence-corrected chi connectivity index (χ1v) is 14.5. The SMILES string of the molecule is COc1ccc(Oc2snc(Cl)c2C(=O)OCCCCCOC(=O)c2c(Cl)nsc2Oc2ccc(OC)cc2)cc1. The minimum atomic E-state index is -0.636. The van der Waals surface area contributed by atoms with Gasteiger partial charge in [0.15, 0.2) is 21.4 Å². The number of carbonyl (C=O) groups excluding carboxylic acids is 2. The molecule has 41 heavy (non-hydrogen) atoms. The lowest BCUT2D eigenvalue weighted by molar-refractivity contribution is 0.0476. The molecule has 10 nitrogen and oxygen atoms in total. The van der Waals surface area contributed by atoms with Gasteiger partial charge >= 0.3 is 11.9 Å². The summed E-state index contributed by atoms with van der Waals surface area (Å²) in [6, 6.07) is 13.7. The fourth-order valence-electron chi connectivity index (χ4n) is 3.35. The lowest BCUT2D eigenvalue weighted by atomic mass is 10.2. The standard InChI is InChI=1S/C27H24Cl2N2O8S2/c1-34-16-6-10-18(11-7-16)38-26-20(22(28)30-40-26)24(32)36-14-4-3-5-15-37-25(33)21-23(29)31-41-27(21)39-19-12-8-17(35-2)9-13-19/h6-13H,3-5,14-15H2,1-2H3. The van der Waals surface area contributed by atoms with Gasteiger partial charge in [-0.05, 0) is 67.8 Å². The first kappa shape index (κ1) is 30.4. The minimum Gasteiger partial charge on any atom is -0.497 e. The van der Waals surface area contributed by atoms with Crippen LogP contribution in [0.5, 0.6) is 33.1 Å². The van der Waals surface area contributed by atoms with Crippen molar-refractivity contribution in [2.75, 3.05) is 27.4 Å². The summed E-state index contributed by atoms with van der Waals surface area (Å²) in [5, 5.41) is 0.475. The molecule has 216 valence electrons. The molecule has 4 aromatic rings. The Hall–Kier alpha value is -3.58. The Balaban J connectivity index is 1.19. The first-order valence-electron chi connectivity index (χ1n) is 12.2. The number of aromatic nitrogens is 2. The van der Waals surface area contributed by atoms with Gasteiger partial charge in [-0.1, -0.05) is 23.2 Å². The summed E-state index contributed by atoms with van der Waals surface area (Å²) in [5.41, 5.74) is 0.130. The molecule has 0 N–H and O–H groups in total. The van der Waals surface area contributed by atoms with E-state index >= 15 is 0 Å². The lowest BCUT2D eigenvalue weighted by Crippen LogP contribution is -2.09. The maximum atomic E-state index is 12.6. The van der Waals surface area contributed by atoms with Gasteiger partial charge in [0.1, 0.15) is 23.0 Å². The van der Waals surface area contributed by atoms with E-state index in [0.717, 1.165) is 23.1 Å². The largest absolute Gasteiger partial charge is 0.497 e. The summed E-state index contributed by atoms with van der Waals surface area (Å²) in [7, 11) is 3.13. The van der Waals surface area contributed by atoms with E-state index in [-0.39, 0.29) is 44.8 Å². The number of benzene rings is 2. The number of methoxy groups -OCH3 is 2. The van der Waals surface area contributed by atoms with Gasteiger partial charge in [0.25, 0.3) is 0 Å². The van der Waals surface area contributed by atoms with Crippen LogP contribution in [0.1, 0.15) is 40.0 Å². The first-order chi connectivity index (χ1) is 19.9. The van der Waals surface area contributed by atoms with Gasteiger partial charge in [-0.15, -0.1) is 0 Å². The van der Waals surface area contributed by atoms with Crippen LogP contribution < -0.4 is 18.9 Å². The summed E-state index contributed by atoms with van der Waals surface area (Å²) in [6.45, 7) is 0.280. The van der Waals surface area contributed by atoms with Gasteiger partial charge in [-0.3, -0.25) is 0 Å². The molecule has 4 rings (SSSR count). The van der Waals surface area contributed by atoms with Crippen molar-refractivity contribution >= 4 is 58.2 Å². The van der Waals surface area contributed by atoms with Crippen molar-refractivity contribution in [3.63, 3.8) is 0 Å². The quantitative estimate of drug-likeness (QED) is 0.100. The van der Waals surface area contributed by atoms with E-state index in [1.165, 1.54) is 0 Å². The average Bonchev–Trinajstić information content (AvgIpc) is 3.54. The second-order valence-corrected chi connectivity index (χ2v) is 10.3. The van der Waals surface area contributed by atoms with E-state index in [1.54, 1.807) is 62.8 Å². The molecule has 0 amide bonds. The van der Waals surface area contributed by atoms with E-state index in [1.807, 2.05) is 0 Å². The molecule has 0 bridgehead atoms. The molecule has 0 fully saturated rings. The second-order valence-electron chi connectivity index (χ2n) is 8.16. The molecule has 14 heteroatoms. The number of carbonyl (C=O) groups is 2. The molecule has 2 heterocycles. The summed E-state index contributed by atoms with van der Waals surface area (Å²) in [6.07, 6.45) is 1.72. The molecule has 0 saturated heterocycles. The van der Waals surface area contributed by atoms with Gasteiger partial charge in [-0.25, -0.2) is 9.59 Å². The zero-order chi connectivity index (χ0) is 29.2. The van der Waals surface area contributed by atoms with Crippen molar-refractivity contribution in [1.82, 2.24) is 8.75 Å². The fraction of sp³-hybridized carbons (Fsp3) is 0.259. The third-order valence-electron chi connectivity index (χ3n) is 5.44. The smallest absolute Gasteiger partial charge is 0.346 e. The number of hydrogen-bond donors (Lipinski definition) is 0. The Morgan fingerprint density at radius 3 is 1.37 bits per heavy atom. The van der Waals surface area contributed by atoms with Gasteiger partial charge in [0.05, 0.1) is 27.4 Å². The van der Waals surface area contributed by atoms with Crippen molar-refractivity contribution in [2.24, 2.45) is 0 Å². The van der Waals surface area contributed by atoms with Crippen LogP contribution in [0.3, 0.4) is 0 Å². The molecule has 0 unspecified atom stereocenters. The van der Waals surface area contributed by atoms with Crippen LogP contribution in [-0.2, 0) is 9.47 Å². The molecular weight excluding hydrogens is 615 g/mol. The van der Waals surface area contributed by atoms with Crippen LogP contribution >= 0.6 is 46.3 Å². The van der Waals surface area contributed by atoms with E-state index in [2.05, 4.69) is 8.75 Å². The molecule has 0 spiro atoms. The van der Waals surface area contributed by atoms with Crippen LogP contribution in [0.4, 0.5) is 0 Å². The van der Waals surface area contributed by atoms with Crippen LogP contribution in [0.15, 0.2) is 48.5 Å².